The monoisotopic (exact) mass is 361 g/mol. The average molecular weight is 361 g/mol. The fourth-order valence-corrected chi connectivity index (χ4v) is 3.88. The predicted octanol–water partition coefficient (Wildman–Crippen LogP) is 2.03. The van der Waals surface area contributed by atoms with Crippen molar-refractivity contribution in [3.05, 3.63) is 28.4 Å². The Balaban J connectivity index is 1.46. The highest BCUT2D eigenvalue weighted by atomic mass is 16.6. The third-order valence-electron chi connectivity index (χ3n) is 5.54. The Morgan fingerprint density at radius 2 is 2.19 bits per heavy atom. The van der Waals surface area contributed by atoms with E-state index < -0.39 is 4.92 Å². The lowest BCUT2D eigenvalue weighted by Gasteiger charge is -2.29. The van der Waals surface area contributed by atoms with Gasteiger partial charge in [0.1, 0.15) is 12.0 Å². The zero-order valence-corrected chi connectivity index (χ0v) is 15.2. The van der Waals surface area contributed by atoms with Crippen molar-refractivity contribution in [2.24, 2.45) is 11.8 Å². The molecule has 3 rings (SSSR count). The Bertz CT molecular complexity index is 630. The summed E-state index contributed by atoms with van der Waals surface area (Å²) in [7, 11) is 0. The van der Waals surface area contributed by atoms with Crippen molar-refractivity contribution in [2.45, 2.75) is 38.6 Å². The molecule has 1 amide bonds. The van der Waals surface area contributed by atoms with Gasteiger partial charge < -0.3 is 15.5 Å². The maximum absolute atomic E-state index is 12.6. The van der Waals surface area contributed by atoms with E-state index in [4.69, 9.17) is 0 Å². The Labute approximate surface area is 153 Å². The van der Waals surface area contributed by atoms with E-state index in [2.05, 4.69) is 22.5 Å². The normalized spacial score (nSPS) is 22.2. The zero-order valence-electron chi connectivity index (χ0n) is 15.2. The summed E-state index contributed by atoms with van der Waals surface area (Å²) in [4.78, 5) is 28.8. The van der Waals surface area contributed by atoms with Crippen LogP contribution in [0.3, 0.4) is 0 Å². The second-order valence-electron chi connectivity index (χ2n) is 7.40. The Morgan fingerprint density at radius 1 is 1.42 bits per heavy atom. The van der Waals surface area contributed by atoms with E-state index in [0.717, 1.165) is 38.9 Å². The first-order valence-electron chi connectivity index (χ1n) is 9.38. The minimum absolute atomic E-state index is 0.0225. The molecule has 2 aliphatic rings. The molecule has 2 unspecified atom stereocenters. The number of carbonyl (C=O) groups excluding carboxylic acids is 1. The van der Waals surface area contributed by atoms with Crippen LogP contribution >= 0.6 is 0 Å². The van der Waals surface area contributed by atoms with Gasteiger partial charge in [-0.05, 0) is 50.3 Å². The minimum atomic E-state index is -0.462. The van der Waals surface area contributed by atoms with Gasteiger partial charge in [-0.2, -0.15) is 0 Å². The van der Waals surface area contributed by atoms with Crippen LogP contribution in [-0.4, -0.2) is 52.9 Å². The summed E-state index contributed by atoms with van der Waals surface area (Å²) in [6, 6.07) is 3.19. The number of hydrogen-bond acceptors (Lipinski definition) is 6. The number of rotatable bonds is 6. The molecule has 0 bridgehead atoms. The molecule has 3 heterocycles. The summed E-state index contributed by atoms with van der Waals surface area (Å²) in [5, 5.41) is 17.3. The Hall–Kier alpha value is -2.22. The molecule has 142 valence electrons. The Kier molecular flexibility index (Phi) is 6.03. The fourth-order valence-electron chi connectivity index (χ4n) is 3.88. The van der Waals surface area contributed by atoms with Gasteiger partial charge in [-0.25, -0.2) is 4.98 Å². The van der Waals surface area contributed by atoms with Crippen LogP contribution in [0.25, 0.3) is 0 Å². The number of nitro groups is 1. The number of anilines is 1. The lowest BCUT2D eigenvalue weighted by Crippen LogP contribution is -2.35. The molecular weight excluding hydrogens is 334 g/mol. The third kappa shape index (κ3) is 4.69. The molecular formula is C18H27N5O3. The molecule has 8 nitrogen and oxygen atoms in total. The summed E-state index contributed by atoms with van der Waals surface area (Å²) in [6.07, 6.45) is 5.05. The van der Waals surface area contributed by atoms with E-state index in [1.165, 1.54) is 12.3 Å². The topological polar surface area (TPSA) is 100 Å². The summed E-state index contributed by atoms with van der Waals surface area (Å²) in [5.74, 6) is 1.91. The summed E-state index contributed by atoms with van der Waals surface area (Å²) in [6.45, 7) is 5.72. The van der Waals surface area contributed by atoms with Gasteiger partial charge in [-0.3, -0.25) is 14.9 Å². The molecule has 2 N–H and O–H groups in total. The van der Waals surface area contributed by atoms with E-state index >= 15 is 0 Å². The highest BCUT2D eigenvalue weighted by Gasteiger charge is 2.29. The van der Waals surface area contributed by atoms with E-state index in [1.54, 1.807) is 6.07 Å². The minimum Gasteiger partial charge on any atom is -0.365 e. The molecule has 2 atom stereocenters. The standard InChI is InChI=1S/C18H27N5O3/c1-13(14-4-7-19-8-5-14)10-18(24)22-9-6-15(12-22)21-17-3-2-16(11-20-17)23(25)26/h2-3,11,13-15,19H,4-10,12H2,1H3,(H,20,21). The third-order valence-corrected chi connectivity index (χ3v) is 5.54. The van der Waals surface area contributed by atoms with Crippen LogP contribution in [0.2, 0.25) is 0 Å². The quantitative estimate of drug-likeness (QED) is 0.594. The predicted molar refractivity (Wildman–Crippen MR) is 98.9 cm³/mol. The molecule has 0 aliphatic carbocycles. The second kappa shape index (κ2) is 8.44. The van der Waals surface area contributed by atoms with Crippen molar-refractivity contribution in [2.75, 3.05) is 31.5 Å². The van der Waals surface area contributed by atoms with Crippen LogP contribution in [0.4, 0.5) is 11.5 Å². The smallest absolute Gasteiger partial charge is 0.287 e. The first-order chi connectivity index (χ1) is 12.5. The van der Waals surface area contributed by atoms with Gasteiger partial charge in [-0.1, -0.05) is 6.92 Å². The molecule has 0 saturated carbocycles. The van der Waals surface area contributed by atoms with Gasteiger partial charge in [0.15, 0.2) is 0 Å². The van der Waals surface area contributed by atoms with Crippen LogP contribution in [0.5, 0.6) is 0 Å². The molecule has 0 radical (unpaired) electrons. The molecule has 0 spiro atoms. The van der Waals surface area contributed by atoms with Gasteiger partial charge in [-0.15, -0.1) is 0 Å². The van der Waals surface area contributed by atoms with Gasteiger partial charge in [0, 0.05) is 31.6 Å². The number of amides is 1. The first-order valence-corrected chi connectivity index (χ1v) is 9.38. The van der Waals surface area contributed by atoms with Crippen molar-refractivity contribution in [1.82, 2.24) is 15.2 Å². The van der Waals surface area contributed by atoms with Gasteiger partial charge in [0.2, 0.25) is 5.91 Å². The molecule has 0 aromatic carbocycles. The number of nitrogens with one attached hydrogen (secondary N) is 2. The molecule has 1 aromatic heterocycles. The lowest BCUT2D eigenvalue weighted by molar-refractivity contribution is -0.385. The number of aromatic nitrogens is 1. The zero-order chi connectivity index (χ0) is 18.5. The second-order valence-corrected chi connectivity index (χ2v) is 7.40. The van der Waals surface area contributed by atoms with E-state index in [9.17, 15) is 14.9 Å². The number of pyridine rings is 1. The van der Waals surface area contributed by atoms with Crippen molar-refractivity contribution < 1.29 is 9.72 Å². The molecule has 2 saturated heterocycles. The van der Waals surface area contributed by atoms with Gasteiger partial charge >= 0.3 is 0 Å². The van der Waals surface area contributed by atoms with Crippen molar-refractivity contribution in [1.29, 1.82) is 0 Å². The largest absolute Gasteiger partial charge is 0.365 e. The van der Waals surface area contributed by atoms with Crippen LogP contribution in [0.1, 0.15) is 32.6 Å². The fraction of sp³-hybridized carbons (Fsp3) is 0.667. The Morgan fingerprint density at radius 3 is 2.85 bits per heavy atom. The SMILES string of the molecule is CC(CC(=O)N1CCC(Nc2ccc([N+](=O)[O-])cn2)C1)C1CCNCC1. The van der Waals surface area contributed by atoms with E-state index in [-0.39, 0.29) is 17.6 Å². The number of likely N-dealkylation sites (tertiary alicyclic amines) is 1. The lowest BCUT2D eigenvalue weighted by atomic mass is 9.84. The van der Waals surface area contributed by atoms with E-state index in [1.807, 2.05) is 4.90 Å². The highest BCUT2D eigenvalue weighted by molar-refractivity contribution is 5.77. The van der Waals surface area contributed by atoms with Crippen LogP contribution < -0.4 is 10.6 Å². The van der Waals surface area contributed by atoms with Crippen LogP contribution in [-0.2, 0) is 4.79 Å². The van der Waals surface area contributed by atoms with Crippen molar-refractivity contribution in [3.8, 4) is 0 Å². The summed E-state index contributed by atoms with van der Waals surface area (Å²) in [5.41, 5.74) is -0.0225. The van der Waals surface area contributed by atoms with Crippen LogP contribution in [0.15, 0.2) is 18.3 Å². The average Bonchev–Trinajstić information content (AvgIpc) is 3.11. The van der Waals surface area contributed by atoms with E-state index in [0.29, 0.717) is 30.6 Å². The molecule has 1 aromatic rings. The molecule has 2 fully saturated rings. The number of nitrogens with zero attached hydrogens (tertiary/aromatic N) is 3. The molecule has 2 aliphatic heterocycles. The maximum Gasteiger partial charge on any atom is 0.287 e. The van der Waals surface area contributed by atoms with Crippen molar-refractivity contribution >= 4 is 17.4 Å². The molecule has 8 heteroatoms. The number of hydrogen-bond donors (Lipinski definition) is 2. The number of carbonyl (C=O) groups is 1. The number of piperidine rings is 1. The van der Waals surface area contributed by atoms with Gasteiger partial charge in [0.25, 0.3) is 5.69 Å². The van der Waals surface area contributed by atoms with Gasteiger partial charge in [0.05, 0.1) is 4.92 Å². The highest BCUT2D eigenvalue weighted by Crippen LogP contribution is 2.26. The molecule has 26 heavy (non-hydrogen) atoms. The summed E-state index contributed by atoms with van der Waals surface area (Å²) < 4.78 is 0. The first kappa shape index (κ1) is 18.6. The van der Waals surface area contributed by atoms with Crippen LogP contribution in [0, 0.1) is 22.0 Å². The summed E-state index contributed by atoms with van der Waals surface area (Å²) >= 11 is 0. The maximum atomic E-state index is 12.6. The van der Waals surface area contributed by atoms with Crippen molar-refractivity contribution in [3.63, 3.8) is 0 Å².